The fourth-order valence-electron chi connectivity index (χ4n) is 1.26. The van der Waals surface area contributed by atoms with E-state index < -0.39 is 0 Å². The van der Waals surface area contributed by atoms with E-state index in [0.29, 0.717) is 18.8 Å². The van der Waals surface area contributed by atoms with E-state index in [-0.39, 0.29) is 12.4 Å². The predicted octanol–water partition coefficient (Wildman–Crippen LogP) is 0.904. The van der Waals surface area contributed by atoms with E-state index in [0.717, 1.165) is 5.57 Å². The number of Topliss-reactive ketones (excluding diaryl/α,β-unsaturated/α-hetero) is 1. The Morgan fingerprint density at radius 2 is 2.50 bits per heavy atom. The maximum Gasteiger partial charge on any atom is 0.159 e. The van der Waals surface area contributed by atoms with Crippen LogP contribution in [0.3, 0.4) is 0 Å². The summed E-state index contributed by atoms with van der Waals surface area (Å²) in [6, 6.07) is 0. The number of carbonyl (C=O) groups is 1. The lowest BCUT2D eigenvalue weighted by Crippen LogP contribution is -1.98. The van der Waals surface area contributed by atoms with Gasteiger partial charge >= 0.3 is 0 Å². The summed E-state index contributed by atoms with van der Waals surface area (Å²) in [5, 5.41) is 8.54. The molecule has 1 rings (SSSR count). The molecule has 0 amide bonds. The van der Waals surface area contributed by atoms with Gasteiger partial charge in [0.05, 0.1) is 0 Å². The van der Waals surface area contributed by atoms with Crippen LogP contribution in [-0.2, 0) is 4.79 Å². The molecule has 1 unspecified atom stereocenters. The van der Waals surface area contributed by atoms with E-state index in [2.05, 4.69) is 0 Å². The first-order valence-corrected chi connectivity index (χ1v) is 3.59. The van der Waals surface area contributed by atoms with Crippen molar-refractivity contribution in [2.75, 3.05) is 6.61 Å². The van der Waals surface area contributed by atoms with E-state index in [1.807, 2.05) is 13.0 Å². The quantitative estimate of drug-likeness (QED) is 0.618. The summed E-state index contributed by atoms with van der Waals surface area (Å²) in [7, 11) is 0. The van der Waals surface area contributed by atoms with Crippen LogP contribution in [0.2, 0.25) is 0 Å². The topological polar surface area (TPSA) is 37.3 Å². The number of ketones is 1. The van der Waals surface area contributed by atoms with Gasteiger partial charge in [0.1, 0.15) is 0 Å². The number of hydrogen-bond donors (Lipinski definition) is 1. The molecule has 0 heterocycles. The zero-order valence-corrected chi connectivity index (χ0v) is 6.13. The molecule has 0 spiro atoms. The van der Waals surface area contributed by atoms with Crippen LogP contribution in [0.4, 0.5) is 0 Å². The van der Waals surface area contributed by atoms with Crippen LogP contribution in [-0.4, -0.2) is 17.5 Å². The molecular weight excluding hydrogens is 128 g/mol. The number of carbonyl (C=O) groups excluding carboxylic acids is 1. The van der Waals surface area contributed by atoms with Crippen LogP contribution in [0.25, 0.3) is 0 Å². The minimum atomic E-state index is 0.0876. The van der Waals surface area contributed by atoms with Gasteiger partial charge in [-0.2, -0.15) is 0 Å². The van der Waals surface area contributed by atoms with Crippen LogP contribution >= 0.6 is 0 Å². The van der Waals surface area contributed by atoms with Gasteiger partial charge in [0.15, 0.2) is 5.78 Å². The Balaban J connectivity index is 2.57. The third-order valence-corrected chi connectivity index (χ3v) is 1.73. The van der Waals surface area contributed by atoms with Crippen molar-refractivity contribution in [3.63, 3.8) is 0 Å². The Labute approximate surface area is 60.6 Å². The summed E-state index contributed by atoms with van der Waals surface area (Å²) < 4.78 is 0. The van der Waals surface area contributed by atoms with Gasteiger partial charge in [-0.3, -0.25) is 4.79 Å². The molecule has 0 aromatic heterocycles. The fraction of sp³-hybridized carbons (Fsp3) is 0.625. The van der Waals surface area contributed by atoms with Gasteiger partial charge in [-0.1, -0.05) is 13.0 Å². The number of aliphatic hydroxyl groups is 1. The second kappa shape index (κ2) is 2.97. The molecule has 0 aromatic rings. The molecule has 0 bridgehead atoms. The second-order valence-electron chi connectivity index (χ2n) is 2.77. The average Bonchev–Trinajstić information content (AvgIpc) is 2.13. The first-order valence-electron chi connectivity index (χ1n) is 3.59. The molecule has 1 aliphatic rings. The molecule has 10 heavy (non-hydrogen) atoms. The SMILES string of the molecule is CC1C=C(CCO)C(=O)C1. The van der Waals surface area contributed by atoms with Gasteiger partial charge in [-0.25, -0.2) is 0 Å². The molecule has 0 radical (unpaired) electrons. The van der Waals surface area contributed by atoms with Crippen LogP contribution in [0, 0.1) is 5.92 Å². The maximum absolute atomic E-state index is 11.0. The largest absolute Gasteiger partial charge is 0.396 e. The number of allylic oxidation sites excluding steroid dienone is 1. The summed E-state index contributed by atoms with van der Waals surface area (Å²) in [5.41, 5.74) is 0.815. The molecule has 1 N–H and O–H groups in total. The highest BCUT2D eigenvalue weighted by Gasteiger charge is 2.19. The molecule has 2 nitrogen and oxygen atoms in total. The standard InChI is InChI=1S/C8H12O2/c1-6-4-7(2-3-9)8(10)5-6/h4,6,9H,2-3,5H2,1H3. The third-order valence-electron chi connectivity index (χ3n) is 1.73. The summed E-state index contributed by atoms with van der Waals surface area (Å²) in [6.45, 7) is 2.10. The summed E-state index contributed by atoms with van der Waals surface area (Å²) in [4.78, 5) is 11.0. The van der Waals surface area contributed by atoms with E-state index in [9.17, 15) is 4.79 Å². The summed E-state index contributed by atoms with van der Waals surface area (Å²) in [6.07, 6.45) is 3.12. The molecule has 2 heteroatoms. The normalized spacial score (nSPS) is 25.2. The van der Waals surface area contributed by atoms with E-state index in [1.54, 1.807) is 0 Å². The van der Waals surface area contributed by atoms with Crippen molar-refractivity contribution < 1.29 is 9.90 Å². The van der Waals surface area contributed by atoms with Gasteiger partial charge in [0.25, 0.3) is 0 Å². The van der Waals surface area contributed by atoms with Gasteiger partial charge < -0.3 is 5.11 Å². The molecule has 0 saturated heterocycles. The van der Waals surface area contributed by atoms with E-state index in [4.69, 9.17) is 5.11 Å². The van der Waals surface area contributed by atoms with Crippen molar-refractivity contribution >= 4 is 5.78 Å². The smallest absolute Gasteiger partial charge is 0.159 e. The molecule has 0 fully saturated rings. The van der Waals surface area contributed by atoms with Gasteiger partial charge in [-0.15, -0.1) is 0 Å². The minimum Gasteiger partial charge on any atom is -0.396 e. The lowest BCUT2D eigenvalue weighted by Gasteiger charge is -1.93. The molecule has 0 aliphatic heterocycles. The molecule has 1 aliphatic carbocycles. The van der Waals surface area contributed by atoms with E-state index in [1.165, 1.54) is 0 Å². The first-order chi connectivity index (χ1) is 4.74. The van der Waals surface area contributed by atoms with Crippen molar-refractivity contribution in [1.29, 1.82) is 0 Å². The average molecular weight is 140 g/mol. The highest BCUT2D eigenvalue weighted by Crippen LogP contribution is 2.21. The minimum absolute atomic E-state index is 0.0876. The maximum atomic E-state index is 11.0. The number of hydrogen-bond acceptors (Lipinski definition) is 2. The van der Waals surface area contributed by atoms with Crippen molar-refractivity contribution in [1.82, 2.24) is 0 Å². The number of aliphatic hydroxyl groups excluding tert-OH is 1. The van der Waals surface area contributed by atoms with Gasteiger partial charge in [0.2, 0.25) is 0 Å². The Kier molecular flexibility index (Phi) is 2.22. The lowest BCUT2D eigenvalue weighted by atomic mass is 10.1. The second-order valence-corrected chi connectivity index (χ2v) is 2.77. The Morgan fingerprint density at radius 1 is 1.80 bits per heavy atom. The van der Waals surface area contributed by atoms with Crippen LogP contribution < -0.4 is 0 Å². The number of rotatable bonds is 2. The lowest BCUT2D eigenvalue weighted by molar-refractivity contribution is -0.115. The zero-order chi connectivity index (χ0) is 7.56. The van der Waals surface area contributed by atoms with Gasteiger partial charge in [0, 0.05) is 13.0 Å². The molecule has 0 saturated carbocycles. The van der Waals surface area contributed by atoms with Crippen molar-refractivity contribution in [2.24, 2.45) is 5.92 Å². The predicted molar refractivity (Wildman–Crippen MR) is 38.6 cm³/mol. The summed E-state index contributed by atoms with van der Waals surface area (Å²) in [5.74, 6) is 0.593. The Morgan fingerprint density at radius 3 is 2.90 bits per heavy atom. The van der Waals surface area contributed by atoms with Gasteiger partial charge in [-0.05, 0) is 17.9 Å². The Hall–Kier alpha value is -0.630. The molecule has 1 atom stereocenters. The van der Waals surface area contributed by atoms with Crippen molar-refractivity contribution in [2.45, 2.75) is 19.8 Å². The molecule has 56 valence electrons. The molecular formula is C8H12O2. The van der Waals surface area contributed by atoms with Crippen molar-refractivity contribution in [3.8, 4) is 0 Å². The highest BCUT2D eigenvalue weighted by molar-refractivity contribution is 5.97. The van der Waals surface area contributed by atoms with Crippen LogP contribution in [0.5, 0.6) is 0 Å². The fourth-order valence-corrected chi connectivity index (χ4v) is 1.26. The first kappa shape index (κ1) is 7.48. The Bertz CT molecular complexity index is 170. The monoisotopic (exact) mass is 140 g/mol. The van der Waals surface area contributed by atoms with Crippen molar-refractivity contribution in [3.05, 3.63) is 11.6 Å². The third kappa shape index (κ3) is 1.45. The van der Waals surface area contributed by atoms with Crippen LogP contribution in [0.15, 0.2) is 11.6 Å². The van der Waals surface area contributed by atoms with E-state index >= 15 is 0 Å². The highest BCUT2D eigenvalue weighted by atomic mass is 16.3. The van der Waals surface area contributed by atoms with Crippen LogP contribution in [0.1, 0.15) is 19.8 Å². The summed E-state index contributed by atoms with van der Waals surface area (Å²) >= 11 is 0. The zero-order valence-electron chi connectivity index (χ0n) is 6.13. The molecule has 0 aromatic carbocycles.